The van der Waals surface area contributed by atoms with E-state index in [-0.39, 0.29) is 24.1 Å². The topological polar surface area (TPSA) is 82.5 Å². The van der Waals surface area contributed by atoms with Crippen molar-refractivity contribution in [2.24, 2.45) is 0 Å². The number of aryl methyl sites for hydroxylation is 2. The van der Waals surface area contributed by atoms with Crippen LogP contribution in [0.5, 0.6) is 11.5 Å². The van der Waals surface area contributed by atoms with Gasteiger partial charge in [-0.05, 0) is 44.5 Å². The van der Waals surface area contributed by atoms with Gasteiger partial charge in [-0.3, -0.25) is 9.36 Å². The molecule has 144 valence electrons. The monoisotopic (exact) mass is 371 g/mol. The van der Waals surface area contributed by atoms with Crippen LogP contribution in [0.4, 0.5) is 0 Å². The van der Waals surface area contributed by atoms with Gasteiger partial charge in [0.1, 0.15) is 0 Å². The molecular weight excluding hydrogens is 346 g/mol. The second kappa shape index (κ2) is 8.24. The molecule has 2 aromatic rings. The fraction of sp³-hybridized carbons (Fsp3) is 0.450. The van der Waals surface area contributed by atoms with Crippen LogP contribution < -0.4 is 20.5 Å². The lowest BCUT2D eigenvalue weighted by molar-refractivity contribution is -0.122. The Morgan fingerprint density at radius 3 is 2.70 bits per heavy atom. The first-order chi connectivity index (χ1) is 12.9. The molecule has 0 radical (unpaired) electrons. The van der Waals surface area contributed by atoms with Crippen molar-refractivity contribution in [2.75, 3.05) is 13.2 Å². The number of ether oxygens (including phenoxy) is 2. The fourth-order valence-electron chi connectivity index (χ4n) is 3.11. The smallest absolute Gasteiger partial charge is 0.347 e. The third-order valence-corrected chi connectivity index (χ3v) is 4.56. The molecule has 2 heterocycles. The fourth-order valence-corrected chi connectivity index (χ4v) is 3.11. The molecule has 0 fully saturated rings. The summed E-state index contributed by atoms with van der Waals surface area (Å²) in [5.74, 6) is 1.32. The number of aromatic nitrogens is 2. The molecule has 27 heavy (non-hydrogen) atoms. The van der Waals surface area contributed by atoms with E-state index < -0.39 is 0 Å². The predicted octanol–water partition coefficient (Wildman–Crippen LogP) is 2.29. The highest BCUT2D eigenvalue weighted by molar-refractivity contribution is 5.76. The van der Waals surface area contributed by atoms with E-state index >= 15 is 0 Å². The van der Waals surface area contributed by atoms with Crippen molar-refractivity contribution in [1.82, 2.24) is 14.9 Å². The van der Waals surface area contributed by atoms with Gasteiger partial charge in [-0.15, -0.1) is 0 Å². The Balaban J connectivity index is 1.61. The number of nitrogens with one attached hydrogen (secondary N) is 1. The molecule has 1 aromatic carbocycles. The zero-order valence-electron chi connectivity index (χ0n) is 15.9. The van der Waals surface area contributed by atoms with Gasteiger partial charge in [0.25, 0.3) is 0 Å². The summed E-state index contributed by atoms with van der Waals surface area (Å²) in [5.41, 5.74) is 2.10. The molecule has 1 N–H and O–H groups in total. The number of nitrogens with zero attached hydrogens (tertiary/aromatic N) is 2. The summed E-state index contributed by atoms with van der Waals surface area (Å²) in [6, 6.07) is 7.36. The quantitative estimate of drug-likeness (QED) is 0.872. The average molecular weight is 371 g/mol. The molecule has 0 spiro atoms. The van der Waals surface area contributed by atoms with Crippen molar-refractivity contribution in [3.05, 3.63) is 51.7 Å². The highest BCUT2D eigenvalue weighted by Crippen LogP contribution is 2.32. The Morgan fingerprint density at radius 2 is 1.96 bits per heavy atom. The van der Waals surface area contributed by atoms with Crippen LogP contribution in [0.3, 0.4) is 0 Å². The number of benzene rings is 1. The summed E-state index contributed by atoms with van der Waals surface area (Å²) >= 11 is 0. The normalized spacial score (nSPS) is 14.3. The average Bonchev–Trinajstić information content (AvgIpc) is 2.85. The van der Waals surface area contributed by atoms with E-state index in [0.717, 1.165) is 23.4 Å². The molecule has 7 heteroatoms. The summed E-state index contributed by atoms with van der Waals surface area (Å²) in [5, 5.41) is 2.97. The summed E-state index contributed by atoms with van der Waals surface area (Å²) in [6.45, 7) is 7.11. The lowest BCUT2D eigenvalue weighted by atomic mass is 10.1. The molecule has 1 unspecified atom stereocenters. The molecule has 3 rings (SSSR count). The minimum absolute atomic E-state index is 0.124. The van der Waals surface area contributed by atoms with E-state index in [4.69, 9.17) is 9.47 Å². The summed E-state index contributed by atoms with van der Waals surface area (Å²) in [6.07, 6.45) is 1.06. The van der Waals surface area contributed by atoms with E-state index in [1.165, 1.54) is 4.57 Å². The highest BCUT2D eigenvalue weighted by atomic mass is 16.5. The van der Waals surface area contributed by atoms with Crippen LogP contribution in [0.1, 0.15) is 42.8 Å². The number of carbonyl (C=O) groups is 1. The Morgan fingerprint density at radius 1 is 1.22 bits per heavy atom. The van der Waals surface area contributed by atoms with E-state index in [0.29, 0.717) is 31.2 Å². The number of rotatable bonds is 5. The first-order valence-corrected chi connectivity index (χ1v) is 9.18. The predicted molar refractivity (Wildman–Crippen MR) is 101 cm³/mol. The lowest BCUT2D eigenvalue weighted by Gasteiger charge is -2.17. The van der Waals surface area contributed by atoms with Gasteiger partial charge >= 0.3 is 5.69 Å². The maximum absolute atomic E-state index is 12.3. The molecule has 1 aliphatic rings. The molecule has 1 amide bonds. The van der Waals surface area contributed by atoms with Crippen LogP contribution in [-0.4, -0.2) is 28.7 Å². The number of hydrogen-bond acceptors (Lipinski definition) is 5. The zero-order chi connectivity index (χ0) is 19.4. The summed E-state index contributed by atoms with van der Waals surface area (Å²) in [4.78, 5) is 28.2. The van der Waals surface area contributed by atoms with Crippen LogP contribution >= 0.6 is 0 Å². The van der Waals surface area contributed by atoms with Crippen molar-refractivity contribution in [3.63, 3.8) is 0 Å². The van der Waals surface area contributed by atoms with E-state index in [1.54, 1.807) is 6.92 Å². The molecule has 7 nitrogen and oxygen atoms in total. The Labute approximate surface area is 158 Å². The Kier molecular flexibility index (Phi) is 5.78. The van der Waals surface area contributed by atoms with Crippen LogP contribution in [0.2, 0.25) is 0 Å². The van der Waals surface area contributed by atoms with Crippen molar-refractivity contribution >= 4 is 5.91 Å². The molecule has 0 saturated carbocycles. The van der Waals surface area contributed by atoms with Crippen molar-refractivity contribution in [3.8, 4) is 11.5 Å². The SMILES string of the molecule is Cc1cc(C)n(CCC(=O)NC(C)c2ccc3c(c2)OCCCO3)c(=O)n1. The van der Waals surface area contributed by atoms with Gasteiger partial charge in [0.2, 0.25) is 5.91 Å². The van der Waals surface area contributed by atoms with Gasteiger partial charge < -0.3 is 14.8 Å². The first-order valence-electron chi connectivity index (χ1n) is 9.18. The van der Waals surface area contributed by atoms with E-state index in [9.17, 15) is 9.59 Å². The maximum atomic E-state index is 12.3. The standard InChI is InChI=1S/C20H25N3O4/c1-13-11-14(2)23(20(25)21-13)8-7-19(24)22-15(3)16-5-6-17-18(12-16)27-10-4-9-26-17/h5-6,11-12,15H,4,7-10H2,1-3H3,(H,22,24). The molecular formula is C20H25N3O4. The lowest BCUT2D eigenvalue weighted by Crippen LogP contribution is -2.31. The van der Waals surface area contributed by atoms with Crippen molar-refractivity contribution < 1.29 is 14.3 Å². The second-order valence-electron chi connectivity index (χ2n) is 6.77. The summed E-state index contributed by atoms with van der Waals surface area (Å²) < 4.78 is 12.9. The van der Waals surface area contributed by atoms with Gasteiger partial charge in [0.05, 0.1) is 19.3 Å². The van der Waals surface area contributed by atoms with E-state index in [1.807, 2.05) is 38.1 Å². The Hall–Kier alpha value is -2.83. The number of fused-ring (bicyclic) bond motifs is 1. The second-order valence-corrected chi connectivity index (χ2v) is 6.77. The largest absolute Gasteiger partial charge is 0.490 e. The Bertz CT molecular complexity index is 891. The molecule has 1 atom stereocenters. The van der Waals surface area contributed by atoms with Gasteiger partial charge in [-0.1, -0.05) is 6.07 Å². The minimum Gasteiger partial charge on any atom is -0.490 e. The van der Waals surface area contributed by atoms with Gasteiger partial charge in [-0.2, -0.15) is 4.98 Å². The molecule has 1 aliphatic heterocycles. The highest BCUT2D eigenvalue weighted by Gasteiger charge is 2.15. The first kappa shape index (κ1) is 18.9. The van der Waals surface area contributed by atoms with Crippen molar-refractivity contribution in [2.45, 2.75) is 46.2 Å². The molecule has 0 aliphatic carbocycles. The third kappa shape index (κ3) is 4.67. The maximum Gasteiger partial charge on any atom is 0.347 e. The van der Waals surface area contributed by atoms with Crippen LogP contribution in [0, 0.1) is 13.8 Å². The summed E-state index contributed by atoms with van der Waals surface area (Å²) in [7, 11) is 0. The van der Waals surface area contributed by atoms with Gasteiger partial charge in [-0.25, -0.2) is 4.79 Å². The third-order valence-electron chi connectivity index (χ3n) is 4.56. The number of amides is 1. The van der Waals surface area contributed by atoms with Gasteiger partial charge in [0.15, 0.2) is 11.5 Å². The van der Waals surface area contributed by atoms with Crippen LogP contribution in [-0.2, 0) is 11.3 Å². The van der Waals surface area contributed by atoms with Crippen LogP contribution in [0.25, 0.3) is 0 Å². The molecule has 0 saturated heterocycles. The van der Waals surface area contributed by atoms with Gasteiger partial charge in [0, 0.05) is 30.8 Å². The zero-order valence-corrected chi connectivity index (χ0v) is 15.9. The minimum atomic E-state index is -0.323. The number of hydrogen-bond donors (Lipinski definition) is 1. The van der Waals surface area contributed by atoms with Crippen LogP contribution in [0.15, 0.2) is 29.1 Å². The molecule has 0 bridgehead atoms. The van der Waals surface area contributed by atoms with E-state index in [2.05, 4.69) is 10.3 Å². The molecule has 1 aromatic heterocycles. The number of carbonyl (C=O) groups excluding carboxylic acids is 1. The van der Waals surface area contributed by atoms with Crippen molar-refractivity contribution in [1.29, 1.82) is 0 Å².